The van der Waals surface area contributed by atoms with Crippen molar-refractivity contribution >= 4 is 11.8 Å². The van der Waals surface area contributed by atoms with E-state index in [1.807, 2.05) is 39.6 Å². The number of piperidine rings is 1. The molecule has 25 heavy (non-hydrogen) atoms. The van der Waals surface area contributed by atoms with Gasteiger partial charge in [0.1, 0.15) is 6.61 Å². The van der Waals surface area contributed by atoms with E-state index in [-0.39, 0.29) is 30.4 Å². The van der Waals surface area contributed by atoms with Crippen molar-refractivity contribution in [2.24, 2.45) is 5.92 Å². The van der Waals surface area contributed by atoms with E-state index in [1.54, 1.807) is 4.90 Å². The average Bonchev–Trinajstić information content (AvgIpc) is 2.96. The number of amides is 2. The molecule has 1 aromatic rings. The van der Waals surface area contributed by atoms with Gasteiger partial charge < -0.3 is 14.5 Å². The fourth-order valence-corrected chi connectivity index (χ4v) is 3.50. The van der Waals surface area contributed by atoms with Crippen molar-refractivity contribution in [3.8, 4) is 0 Å². The summed E-state index contributed by atoms with van der Waals surface area (Å²) >= 11 is 0. The number of likely N-dealkylation sites (tertiary alicyclic amines) is 1. The van der Waals surface area contributed by atoms with E-state index in [4.69, 9.17) is 4.74 Å². The van der Waals surface area contributed by atoms with Crippen molar-refractivity contribution in [3.05, 3.63) is 17.0 Å². The molecule has 1 saturated heterocycles. The highest BCUT2D eigenvalue weighted by Gasteiger charge is 2.31. The molecule has 0 aromatic carbocycles. The molecule has 7 nitrogen and oxygen atoms in total. The molecule has 2 heterocycles. The van der Waals surface area contributed by atoms with Crippen molar-refractivity contribution in [2.45, 2.75) is 46.6 Å². The van der Waals surface area contributed by atoms with Crippen molar-refractivity contribution in [1.29, 1.82) is 0 Å². The van der Waals surface area contributed by atoms with Crippen LogP contribution in [0.25, 0.3) is 0 Å². The van der Waals surface area contributed by atoms with Gasteiger partial charge in [0.05, 0.1) is 11.7 Å². The molecule has 1 aliphatic rings. The molecule has 0 aliphatic carbocycles. The maximum absolute atomic E-state index is 12.9. The Morgan fingerprint density at radius 3 is 2.52 bits per heavy atom. The molecule has 1 aliphatic heterocycles. The monoisotopic (exact) mass is 350 g/mol. The summed E-state index contributed by atoms with van der Waals surface area (Å²) in [5.41, 5.74) is 3.02. The molecule has 0 spiro atoms. The maximum Gasteiger partial charge on any atom is 0.248 e. The van der Waals surface area contributed by atoms with E-state index < -0.39 is 0 Å². The van der Waals surface area contributed by atoms with Crippen LogP contribution < -0.4 is 0 Å². The van der Waals surface area contributed by atoms with E-state index in [1.165, 1.54) is 0 Å². The van der Waals surface area contributed by atoms with Gasteiger partial charge in [0.2, 0.25) is 11.8 Å². The van der Waals surface area contributed by atoms with Crippen LogP contribution in [0.5, 0.6) is 0 Å². The molecule has 0 bridgehead atoms. The molecule has 1 aromatic heterocycles. The van der Waals surface area contributed by atoms with E-state index in [9.17, 15) is 9.59 Å². The summed E-state index contributed by atoms with van der Waals surface area (Å²) in [7, 11) is 1.85. The summed E-state index contributed by atoms with van der Waals surface area (Å²) in [6, 6.07) is -0.0242. The molecule has 1 N–H and O–H groups in total. The first-order valence-electron chi connectivity index (χ1n) is 9.00. The summed E-state index contributed by atoms with van der Waals surface area (Å²) in [4.78, 5) is 28.5. The normalized spacial score (nSPS) is 16.8. The third-order valence-electron chi connectivity index (χ3n) is 5.16. The van der Waals surface area contributed by atoms with Crippen molar-refractivity contribution in [3.63, 3.8) is 0 Å². The number of rotatable bonds is 6. The lowest BCUT2D eigenvalue weighted by molar-refractivity contribution is -0.143. The summed E-state index contributed by atoms with van der Waals surface area (Å²) in [5, 5.41) is 7.21. The molecule has 140 valence electrons. The number of ether oxygens (including phenoxy) is 1. The number of H-pyrrole nitrogens is 1. The van der Waals surface area contributed by atoms with Gasteiger partial charge in [-0.05, 0) is 40.5 Å². The highest BCUT2D eigenvalue weighted by Crippen LogP contribution is 2.27. The number of aromatic amines is 1. The van der Waals surface area contributed by atoms with E-state index >= 15 is 0 Å². The standard InChI is InChI=1S/C18H30N4O3/c1-6-25-11-16(23)22-9-7-15(8-10-22)18(24)21(5)14(4)17-12(2)19-20-13(17)3/h14-15H,6-11H2,1-5H3,(H,19,20)/t14-/m1/s1. The van der Waals surface area contributed by atoms with Crippen LogP contribution in [0.4, 0.5) is 0 Å². The summed E-state index contributed by atoms with van der Waals surface area (Å²) < 4.78 is 5.18. The van der Waals surface area contributed by atoms with Crippen LogP contribution in [0, 0.1) is 19.8 Å². The third-order valence-corrected chi connectivity index (χ3v) is 5.16. The molecule has 0 saturated carbocycles. The van der Waals surface area contributed by atoms with E-state index in [0.717, 1.165) is 17.0 Å². The molecular weight excluding hydrogens is 320 g/mol. The zero-order valence-electron chi connectivity index (χ0n) is 16.0. The van der Waals surface area contributed by atoms with Gasteiger partial charge in [0.25, 0.3) is 0 Å². The number of nitrogens with one attached hydrogen (secondary N) is 1. The van der Waals surface area contributed by atoms with Crippen LogP contribution in [-0.4, -0.2) is 65.2 Å². The van der Waals surface area contributed by atoms with Crippen LogP contribution in [0.3, 0.4) is 0 Å². The van der Waals surface area contributed by atoms with Crippen LogP contribution in [0.1, 0.15) is 49.7 Å². The van der Waals surface area contributed by atoms with E-state index in [2.05, 4.69) is 10.2 Å². The van der Waals surface area contributed by atoms with Gasteiger partial charge in [-0.1, -0.05) is 0 Å². The molecule has 1 fully saturated rings. The Kier molecular flexibility index (Phi) is 6.58. The molecule has 1 atom stereocenters. The first-order chi connectivity index (χ1) is 11.9. The minimum atomic E-state index is -0.0314. The number of aromatic nitrogens is 2. The minimum absolute atomic E-state index is 0.0131. The number of hydrogen-bond acceptors (Lipinski definition) is 4. The van der Waals surface area contributed by atoms with Gasteiger partial charge in [0, 0.05) is 43.9 Å². The predicted molar refractivity (Wildman–Crippen MR) is 95.0 cm³/mol. The van der Waals surface area contributed by atoms with Gasteiger partial charge in [-0.25, -0.2) is 0 Å². The molecule has 2 amide bonds. The fraction of sp³-hybridized carbons (Fsp3) is 0.722. The Bertz CT molecular complexity index is 586. The Hall–Kier alpha value is -1.89. The topological polar surface area (TPSA) is 78.5 Å². The van der Waals surface area contributed by atoms with Crippen molar-refractivity contribution < 1.29 is 14.3 Å². The quantitative estimate of drug-likeness (QED) is 0.849. The largest absolute Gasteiger partial charge is 0.372 e. The van der Waals surface area contributed by atoms with Gasteiger partial charge in [-0.2, -0.15) is 5.10 Å². The summed E-state index contributed by atoms with van der Waals surface area (Å²) in [6.07, 6.45) is 1.41. The molecular formula is C18H30N4O3. The molecule has 2 rings (SSSR count). The highest BCUT2D eigenvalue weighted by atomic mass is 16.5. The SMILES string of the molecule is CCOCC(=O)N1CCC(C(=O)N(C)[C@H](C)c2c(C)n[nH]c2C)CC1. The lowest BCUT2D eigenvalue weighted by Crippen LogP contribution is -2.45. The second-order valence-electron chi connectivity index (χ2n) is 6.77. The number of aryl methyl sites for hydroxylation is 2. The molecule has 0 radical (unpaired) electrons. The second kappa shape index (κ2) is 8.47. The number of carbonyl (C=O) groups is 2. The smallest absolute Gasteiger partial charge is 0.248 e. The number of carbonyl (C=O) groups excluding carboxylic acids is 2. The number of nitrogens with zero attached hydrogens (tertiary/aromatic N) is 3. The van der Waals surface area contributed by atoms with Crippen LogP contribution in [-0.2, 0) is 14.3 Å². The lowest BCUT2D eigenvalue weighted by atomic mass is 9.94. The minimum Gasteiger partial charge on any atom is -0.372 e. The number of hydrogen-bond donors (Lipinski definition) is 1. The fourth-order valence-electron chi connectivity index (χ4n) is 3.50. The van der Waals surface area contributed by atoms with Crippen LogP contribution in [0.15, 0.2) is 0 Å². The third kappa shape index (κ3) is 4.39. The predicted octanol–water partition coefficient (Wildman–Crippen LogP) is 1.82. The van der Waals surface area contributed by atoms with Gasteiger partial charge in [-0.15, -0.1) is 0 Å². The van der Waals surface area contributed by atoms with Crippen LogP contribution in [0.2, 0.25) is 0 Å². The van der Waals surface area contributed by atoms with Gasteiger partial charge in [0.15, 0.2) is 0 Å². The zero-order chi connectivity index (χ0) is 18.6. The Morgan fingerprint density at radius 1 is 1.36 bits per heavy atom. The first-order valence-corrected chi connectivity index (χ1v) is 9.00. The maximum atomic E-state index is 12.9. The van der Waals surface area contributed by atoms with Crippen molar-refractivity contribution in [2.75, 3.05) is 33.4 Å². The van der Waals surface area contributed by atoms with Crippen LogP contribution >= 0.6 is 0 Å². The Morgan fingerprint density at radius 2 is 2.00 bits per heavy atom. The highest BCUT2D eigenvalue weighted by molar-refractivity contribution is 5.80. The Balaban J connectivity index is 1.92. The first kappa shape index (κ1) is 19.4. The average molecular weight is 350 g/mol. The lowest BCUT2D eigenvalue weighted by Gasteiger charge is -2.35. The van der Waals surface area contributed by atoms with Gasteiger partial charge in [-0.3, -0.25) is 14.7 Å². The molecule has 7 heteroatoms. The zero-order valence-corrected chi connectivity index (χ0v) is 16.0. The summed E-state index contributed by atoms with van der Waals surface area (Å²) in [6.45, 7) is 9.74. The van der Waals surface area contributed by atoms with Crippen molar-refractivity contribution in [1.82, 2.24) is 20.0 Å². The van der Waals surface area contributed by atoms with E-state index in [0.29, 0.717) is 32.5 Å². The van der Waals surface area contributed by atoms with Gasteiger partial charge >= 0.3 is 0 Å². The molecule has 0 unspecified atom stereocenters. The summed E-state index contributed by atoms with van der Waals surface area (Å²) in [5.74, 6) is 0.125. The second-order valence-corrected chi connectivity index (χ2v) is 6.77. The Labute approximate surface area is 149 Å².